The van der Waals surface area contributed by atoms with E-state index in [0.29, 0.717) is 25.0 Å². The number of carbonyl (C=O) groups is 1. The van der Waals surface area contributed by atoms with Crippen LogP contribution < -0.4 is 10.5 Å². The SMILES string of the molecule is CCCc1[nH]nc(C(=O)NC(C)(C)CC)c1S(N)(=O)=O. The maximum Gasteiger partial charge on any atom is 0.273 e. The van der Waals surface area contributed by atoms with E-state index in [-0.39, 0.29) is 10.6 Å². The fraction of sp³-hybridized carbons (Fsp3) is 0.667. The molecule has 0 saturated heterocycles. The van der Waals surface area contributed by atoms with Gasteiger partial charge in [0, 0.05) is 5.54 Å². The molecule has 0 unspecified atom stereocenters. The third-order valence-corrected chi connectivity index (χ3v) is 4.14. The van der Waals surface area contributed by atoms with Crippen LogP contribution in [0.5, 0.6) is 0 Å². The molecule has 1 rings (SSSR count). The van der Waals surface area contributed by atoms with E-state index in [1.165, 1.54) is 0 Å². The molecule has 1 aromatic rings. The van der Waals surface area contributed by atoms with Crippen molar-refractivity contribution in [3.8, 4) is 0 Å². The van der Waals surface area contributed by atoms with Crippen molar-refractivity contribution in [2.24, 2.45) is 5.14 Å². The van der Waals surface area contributed by atoms with Crippen molar-refractivity contribution in [1.29, 1.82) is 0 Å². The normalized spacial score (nSPS) is 12.4. The highest BCUT2D eigenvalue weighted by Crippen LogP contribution is 2.19. The second kappa shape index (κ2) is 5.92. The Hall–Kier alpha value is -1.41. The molecule has 0 aliphatic heterocycles. The molecule has 0 radical (unpaired) electrons. The van der Waals surface area contributed by atoms with Crippen LogP contribution in [0.15, 0.2) is 4.90 Å². The lowest BCUT2D eigenvalue weighted by atomic mass is 10.0. The van der Waals surface area contributed by atoms with Crippen LogP contribution in [0.2, 0.25) is 0 Å². The fourth-order valence-corrected chi connectivity index (χ4v) is 2.60. The number of H-pyrrole nitrogens is 1. The summed E-state index contributed by atoms with van der Waals surface area (Å²) in [5.74, 6) is -0.542. The summed E-state index contributed by atoms with van der Waals surface area (Å²) in [5.41, 5.74) is -0.247. The van der Waals surface area contributed by atoms with Gasteiger partial charge in [0.15, 0.2) is 5.69 Å². The van der Waals surface area contributed by atoms with Gasteiger partial charge < -0.3 is 5.32 Å². The van der Waals surface area contributed by atoms with Gasteiger partial charge in [-0.2, -0.15) is 5.10 Å². The van der Waals surface area contributed by atoms with Gasteiger partial charge >= 0.3 is 0 Å². The van der Waals surface area contributed by atoms with E-state index >= 15 is 0 Å². The fourth-order valence-electron chi connectivity index (χ4n) is 1.70. The summed E-state index contributed by atoms with van der Waals surface area (Å²) >= 11 is 0. The molecular weight excluding hydrogens is 280 g/mol. The molecule has 0 aromatic carbocycles. The number of sulfonamides is 1. The molecule has 20 heavy (non-hydrogen) atoms. The second-order valence-electron chi connectivity index (χ2n) is 5.37. The first kappa shape index (κ1) is 16.6. The van der Waals surface area contributed by atoms with E-state index in [4.69, 9.17) is 5.14 Å². The average Bonchev–Trinajstić information content (AvgIpc) is 2.72. The van der Waals surface area contributed by atoms with E-state index in [2.05, 4.69) is 15.5 Å². The Labute approximate surface area is 119 Å². The lowest BCUT2D eigenvalue weighted by molar-refractivity contribution is 0.0902. The molecule has 4 N–H and O–H groups in total. The molecule has 1 aromatic heterocycles. The van der Waals surface area contributed by atoms with Crippen molar-refractivity contribution in [1.82, 2.24) is 15.5 Å². The number of aryl methyl sites for hydroxylation is 1. The summed E-state index contributed by atoms with van der Waals surface area (Å²) in [6.07, 6.45) is 1.88. The highest BCUT2D eigenvalue weighted by atomic mass is 32.2. The molecule has 0 fully saturated rings. The number of aromatic amines is 1. The Bertz CT molecular complexity index is 590. The van der Waals surface area contributed by atoms with Crippen molar-refractivity contribution < 1.29 is 13.2 Å². The number of hydrogen-bond acceptors (Lipinski definition) is 4. The predicted octanol–water partition coefficient (Wildman–Crippen LogP) is 0.928. The maximum atomic E-state index is 12.2. The highest BCUT2D eigenvalue weighted by Gasteiger charge is 2.29. The van der Waals surface area contributed by atoms with Gasteiger partial charge in [-0.3, -0.25) is 9.89 Å². The molecule has 1 heterocycles. The van der Waals surface area contributed by atoms with Gasteiger partial charge in [0.1, 0.15) is 4.90 Å². The number of amides is 1. The third-order valence-electron chi connectivity index (χ3n) is 3.13. The van der Waals surface area contributed by atoms with Crippen molar-refractivity contribution in [3.05, 3.63) is 11.4 Å². The largest absolute Gasteiger partial charge is 0.346 e. The van der Waals surface area contributed by atoms with Gasteiger partial charge in [0.05, 0.1) is 5.69 Å². The van der Waals surface area contributed by atoms with Crippen molar-refractivity contribution in [2.45, 2.75) is 57.4 Å². The van der Waals surface area contributed by atoms with Gasteiger partial charge in [-0.15, -0.1) is 0 Å². The summed E-state index contributed by atoms with van der Waals surface area (Å²) in [7, 11) is -4.00. The Balaban J connectivity index is 3.23. The van der Waals surface area contributed by atoms with Gasteiger partial charge in [-0.1, -0.05) is 20.3 Å². The number of rotatable bonds is 6. The number of hydrogen-bond donors (Lipinski definition) is 3. The van der Waals surface area contributed by atoms with Gasteiger partial charge in [-0.25, -0.2) is 13.6 Å². The quantitative estimate of drug-likeness (QED) is 0.724. The number of nitrogens with two attached hydrogens (primary N) is 1. The lowest BCUT2D eigenvalue weighted by Crippen LogP contribution is -2.43. The van der Waals surface area contributed by atoms with E-state index < -0.39 is 21.5 Å². The molecule has 0 aliphatic rings. The van der Waals surface area contributed by atoms with E-state index in [1.54, 1.807) is 0 Å². The van der Waals surface area contributed by atoms with Crippen molar-refractivity contribution >= 4 is 15.9 Å². The Morgan fingerprint density at radius 2 is 2.00 bits per heavy atom. The first-order chi connectivity index (χ1) is 9.12. The summed E-state index contributed by atoms with van der Waals surface area (Å²) in [6.45, 7) is 7.52. The summed E-state index contributed by atoms with van der Waals surface area (Å²) in [6, 6.07) is 0. The Morgan fingerprint density at radius 1 is 1.40 bits per heavy atom. The minimum Gasteiger partial charge on any atom is -0.346 e. The number of carbonyl (C=O) groups excluding carboxylic acids is 1. The van der Waals surface area contributed by atoms with Crippen molar-refractivity contribution in [2.75, 3.05) is 0 Å². The summed E-state index contributed by atoms with van der Waals surface area (Å²) < 4.78 is 23.4. The smallest absolute Gasteiger partial charge is 0.273 e. The van der Waals surface area contributed by atoms with Crippen LogP contribution in [0.3, 0.4) is 0 Å². The van der Waals surface area contributed by atoms with Crippen LogP contribution in [0.25, 0.3) is 0 Å². The Kier molecular flexibility index (Phi) is 4.93. The lowest BCUT2D eigenvalue weighted by Gasteiger charge is -2.24. The zero-order valence-electron chi connectivity index (χ0n) is 12.3. The zero-order valence-corrected chi connectivity index (χ0v) is 13.1. The first-order valence-electron chi connectivity index (χ1n) is 6.55. The van der Waals surface area contributed by atoms with Crippen molar-refractivity contribution in [3.63, 3.8) is 0 Å². The third kappa shape index (κ3) is 3.80. The predicted molar refractivity (Wildman–Crippen MR) is 75.8 cm³/mol. The number of nitrogens with one attached hydrogen (secondary N) is 2. The Morgan fingerprint density at radius 3 is 2.45 bits per heavy atom. The summed E-state index contributed by atoms with van der Waals surface area (Å²) in [5, 5.41) is 14.4. The second-order valence-corrected chi connectivity index (χ2v) is 6.86. The highest BCUT2D eigenvalue weighted by molar-refractivity contribution is 7.89. The number of aromatic nitrogens is 2. The zero-order chi connectivity index (χ0) is 15.6. The van der Waals surface area contributed by atoms with Crippen LogP contribution in [-0.4, -0.2) is 30.1 Å². The van der Waals surface area contributed by atoms with Gasteiger partial charge in [-0.05, 0) is 26.7 Å². The van der Waals surface area contributed by atoms with E-state index in [0.717, 1.165) is 0 Å². The number of nitrogens with zero attached hydrogens (tertiary/aromatic N) is 1. The van der Waals surface area contributed by atoms with Crippen LogP contribution in [0.4, 0.5) is 0 Å². The standard InChI is InChI=1S/C12H22N4O3S/c1-5-7-8-10(20(13,18)19)9(16-15-8)11(17)14-12(3,4)6-2/h5-7H2,1-4H3,(H,14,17)(H,15,16)(H2,13,18,19). The monoisotopic (exact) mass is 302 g/mol. The minimum atomic E-state index is -4.00. The molecule has 0 atom stereocenters. The number of primary sulfonamides is 1. The van der Waals surface area contributed by atoms with E-state index in [1.807, 2.05) is 27.7 Å². The molecule has 0 spiro atoms. The van der Waals surface area contributed by atoms with Crippen LogP contribution in [0, 0.1) is 0 Å². The topological polar surface area (TPSA) is 118 Å². The molecule has 114 valence electrons. The first-order valence-corrected chi connectivity index (χ1v) is 8.09. The van der Waals surface area contributed by atoms with Crippen LogP contribution in [0.1, 0.15) is 56.7 Å². The van der Waals surface area contributed by atoms with Gasteiger partial charge in [0.25, 0.3) is 5.91 Å². The van der Waals surface area contributed by atoms with E-state index in [9.17, 15) is 13.2 Å². The van der Waals surface area contributed by atoms with Gasteiger partial charge in [0.2, 0.25) is 10.0 Å². The molecule has 0 aliphatic carbocycles. The molecule has 1 amide bonds. The molecular formula is C12H22N4O3S. The van der Waals surface area contributed by atoms with Crippen LogP contribution in [-0.2, 0) is 16.4 Å². The maximum absolute atomic E-state index is 12.2. The minimum absolute atomic E-state index is 0.169. The summed E-state index contributed by atoms with van der Waals surface area (Å²) in [4.78, 5) is 12.0. The molecule has 0 saturated carbocycles. The molecule has 0 bridgehead atoms. The van der Waals surface area contributed by atoms with Crippen LogP contribution >= 0.6 is 0 Å². The molecule has 7 nitrogen and oxygen atoms in total. The average molecular weight is 302 g/mol. The molecule has 8 heteroatoms.